The summed E-state index contributed by atoms with van der Waals surface area (Å²) in [5.74, 6) is -0.580. The SMILES string of the molecule is CC(C)C(=O)Nc1ccc(C(=O)NCCNS(=O)(=O)c2ccc(Cl)s2)cc1. The van der Waals surface area contributed by atoms with Crippen LogP contribution in [0.5, 0.6) is 0 Å². The van der Waals surface area contributed by atoms with Crippen LogP contribution in [0.1, 0.15) is 24.2 Å². The van der Waals surface area contributed by atoms with E-state index in [1.54, 1.807) is 38.1 Å². The molecule has 0 atom stereocenters. The van der Waals surface area contributed by atoms with Gasteiger partial charge in [0, 0.05) is 30.3 Å². The first kappa shape index (κ1) is 21.4. The lowest BCUT2D eigenvalue weighted by Crippen LogP contribution is -2.34. The molecule has 0 fully saturated rings. The van der Waals surface area contributed by atoms with E-state index < -0.39 is 10.0 Å². The van der Waals surface area contributed by atoms with E-state index in [1.807, 2.05) is 0 Å². The van der Waals surface area contributed by atoms with Gasteiger partial charge in [-0.2, -0.15) is 0 Å². The van der Waals surface area contributed by atoms with Gasteiger partial charge in [0.05, 0.1) is 4.34 Å². The van der Waals surface area contributed by atoms with Crippen molar-refractivity contribution < 1.29 is 18.0 Å². The fourth-order valence-electron chi connectivity index (χ4n) is 1.97. The van der Waals surface area contributed by atoms with Crippen molar-refractivity contribution in [1.29, 1.82) is 0 Å². The van der Waals surface area contributed by atoms with Crippen molar-refractivity contribution in [2.75, 3.05) is 18.4 Å². The van der Waals surface area contributed by atoms with Crippen LogP contribution in [0, 0.1) is 5.92 Å². The molecule has 2 rings (SSSR count). The Balaban J connectivity index is 1.81. The Morgan fingerprint density at radius 1 is 1.07 bits per heavy atom. The third kappa shape index (κ3) is 6.31. The van der Waals surface area contributed by atoms with E-state index in [0.717, 1.165) is 11.3 Å². The summed E-state index contributed by atoms with van der Waals surface area (Å²) in [6, 6.07) is 9.38. The molecule has 0 radical (unpaired) electrons. The summed E-state index contributed by atoms with van der Waals surface area (Å²) in [5.41, 5.74) is 1.01. The first-order valence-corrected chi connectivity index (χ1v) is 10.8. The Hall–Kier alpha value is -1.94. The third-order valence-electron chi connectivity index (χ3n) is 3.46. The summed E-state index contributed by atoms with van der Waals surface area (Å²) in [7, 11) is -3.63. The van der Waals surface area contributed by atoms with Gasteiger partial charge < -0.3 is 10.6 Å². The number of halogens is 1. The number of nitrogens with one attached hydrogen (secondary N) is 3. The lowest BCUT2D eigenvalue weighted by atomic mass is 10.1. The molecule has 0 aliphatic rings. The van der Waals surface area contributed by atoms with Gasteiger partial charge in [-0.25, -0.2) is 13.1 Å². The van der Waals surface area contributed by atoms with E-state index in [0.29, 0.717) is 15.6 Å². The Kier molecular flexibility index (Phi) is 7.37. The molecular formula is C17H20ClN3O4S2. The van der Waals surface area contributed by atoms with Crippen molar-refractivity contribution >= 4 is 50.5 Å². The van der Waals surface area contributed by atoms with Crippen LogP contribution in [0.3, 0.4) is 0 Å². The quantitative estimate of drug-likeness (QED) is 0.561. The summed E-state index contributed by atoms with van der Waals surface area (Å²) < 4.78 is 27.0. The van der Waals surface area contributed by atoms with Crippen molar-refractivity contribution in [3.8, 4) is 0 Å². The van der Waals surface area contributed by atoms with Gasteiger partial charge in [0.1, 0.15) is 4.21 Å². The second-order valence-corrected chi connectivity index (χ2v) is 9.64. The molecule has 2 amide bonds. The number of hydrogen-bond acceptors (Lipinski definition) is 5. The molecule has 1 heterocycles. The van der Waals surface area contributed by atoms with Gasteiger partial charge in [-0.05, 0) is 36.4 Å². The Labute approximate surface area is 167 Å². The molecule has 0 unspecified atom stereocenters. The van der Waals surface area contributed by atoms with Gasteiger partial charge in [-0.15, -0.1) is 11.3 Å². The smallest absolute Gasteiger partial charge is 0.251 e. The van der Waals surface area contributed by atoms with Gasteiger partial charge in [0.15, 0.2) is 0 Å². The maximum Gasteiger partial charge on any atom is 0.251 e. The van der Waals surface area contributed by atoms with Crippen LogP contribution in [-0.2, 0) is 14.8 Å². The van der Waals surface area contributed by atoms with E-state index in [4.69, 9.17) is 11.6 Å². The third-order valence-corrected chi connectivity index (χ3v) is 6.64. The number of benzene rings is 1. The summed E-state index contributed by atoms with van der Waals surface area (Å²) in [6.07, 6.45) is 0. The minimum Gasteiger partial charge on any atom is -0.351 e. The van der Waals surface area contributed by atoms with E-state index in [1.165, 1.54) is 12.1 Å². The molecule has 3 N–H and O–H groups in total. The van der Waals surface area contributed by atoms with Crippen LogP contribution in [0.15, 0.2) is 40.6 Å². The molecule has 0 bridgehead atoms. The summed E-state index contributed by atoms with van der Waals surface area (Å²) in [4.78, 5) is 23.7. The number of sulfonamides is 1. The predicted octanol–water partition coefficient (Wildman–Crippen LogP) is 2.70. The van der Waals surface area contributed by atoms with E-state index in [2.05, 4.69) is 15.4 Å². The first-order valence-electron chi connectivity index (χ1n) is 8.13. The molecule has 1 aromatic carbocycles. The zero-order valence-electron chi connectivity index (χ0n) is 14.8. The number of thiophene rings is 1. The number of amides is 2. The van der Waals surface area contributed by atoms with Gasteiger partial charge in [-0.1, -0.05) is 25.4 Å². The van der Waals surface area contributed by atoms with E-state index in [9.17, 15) is 18.0 Å². The number of carbonyl (C=O) groups excluding carboxylic acids is 2. The second kappa shape index (κ2) is 9.32. The van der Waals surface area contributed by atoms with Gasteiger partial charge >= 0.3 is 0 Å². The minimum atomic E-state index is -3.63. The number of carbonyl (C=O) groups is 2. The highest BCUT2D eigenvalue weighted by atomic mass is 35.5. The van der Waals surface area contributed by atoms with Crippen LogP contribution in [0.2, 0.25) is 4.34 Å². The van der Waals surface area contributed by atoms with Crippen molar-refractivity contribution in [2.45, 2.75) is 18.1 Å². The Morgan fingerprint density at radius 3 is 2.30 bits per heavy atom. The maximum absolute atomic E-state index is 12.1. The average Bonchev–Trinajstić information content (AvgIpc) is 3.06. The van der Waals surface area contributed by atoms with Crippen LogP contribution >= 0.6 is 22.9 Å². The van der Waals surface area contributed by atoms with Crippen molar-refractivity contribution in [1.82, 2.24) is 10.0 Å². The normalized spacial score (nSPS) is 11.4. The van der Waals surface area contributed by atoms with Crippen molar-refractivity contribution in [3.05, 3.63) is 46.3 Å². The lowest BCUT2D eigenvalue weighted by molar-refractivity contribution is -0.118. The molecule has 0 aliphatic carbocycles. The molecule has 0 saturated heterocycles. The molecule has 0 saturated carbocycles. The zero-order valence-corrected chi connectivity index (χ0v) is 17.2. The zero-order chi connectivity index (χ0) is 20.0. The number of rotatable bonds is 8. The number of anilines is 1. The number of hydrogen-bond donors (Lipinski definition) is 3. The minimum absolute atomic E-state index is 0.0477. The van der Waals surface area contributed by atoms with Gasteiger partial charge in [0.2, 0.25) is 15.9 Å². The summed E-state index contributed by atoms with van der Waals surface area (Å²) >= 11 is 6.70. The van der Waals surface area contributed by atoms with Crippen LogP contribution in [0.4, 0.5) is 5.69 Å². The van der Waals surface area contributed by atoms with E-state index >= 15 is 0 Å². The van der Waals surface area contributed by atoms with Crippen LogP contribution < -0.4 is 15.4 Å². The predicted molar refractivity (Wildman–Crippen MR) is 107 cm³/mol. The Bertz CT molecular complexity index is 909. The van der Waals surface area contributed by atoms with Crippen LogP contribution in [0.25, 0.3) is 0 Å². The highest BCUT2D eigenvalue weighted by Crippen LogP contribution is 2.25. The van der Waals surface area contributed by atoms with Gasteiger partial charge in [-0.3, -0.25) is 9.59 Å². The van der Waals surface area contributed by atoms with Gasteiger partial charge in [0.25, 0.3) is 5.91 Å². The van der Waals surface area contributed by atoms with Crippen molar-refractivity contribution in [3.63, 3.8) is 0 Å². The molecule has 2 aromatic rings. The molecule has 1 aromatic heterocycles. The maximum atomic E-state index is 12.1. The summed E-state index contributed by atoms with van der Waals surface area (Å²) in [5, 5.41) is 5.37. The molecule has 27 heavy (non-hydrogen) atoms. The van der Waals surface area contributed by atoms with Crippen molar-refractivity contribution in [2.24, 2.45) is 5.92 Å². The largest absolute Gasteiger partial charge is 0.351 e. The molecule has 10 heteroatoms. The lowest BCUT2D eigenvalue weighted by Gasteiger charge is -2.09. The molecule has 7 nitrogen and oxygen atoms in total. The molecule has 146 valence electrons. The van der Waals surface area contributed by atoms with Crippen LogP contribution in [-0.4, -0.2) is 33.3 Å². The average molecular weight is 430 g/mol. The standard InChI is InChI=1S/C17H20ClN3O4S2/c1-11(2)16(22)21-13-5-3-12(4-6-13)17(23)19-9-10-20-27(24,25)15-8-7-14(18)26-15/h3-8,11,20H,9-10H2,1-2H3,(H,19,23)(H,21,22). The fourth-order valence-corrected chi connectivity index (χ4v) is 4.53. The first-order chi connectivity index (χ1) is 12.7. The monoisotopic (exact) mass is 429 g/mol. The Morgan fingerprint density at radius 2 is 1.74 bits per heavy atom. The topological polar surface area (TPSA) is 104 Å². The molecule has 0 aliphatic heterocycles. The highest BCUT2D eigenvalue weighted by molar-refractivity contribution is 7.91. The fraction of sp³-hybridized carbons (Fsp3) is 0.294. The van der Waals surface area contributed by atoms with E-state index in [-0.39, 0.29) is 35.0 Å². The summed E-state index contributed by atoms with van der Waals surface area (Å²) in [6.45, 7) is 3.76. The second-order valence-electron chi connectivity index (χ2n) is 5.93. The molecule has 0 spiro atoms. The molecular weight excluding hydrogens is 410 g/mol. The highest BCUT2D eigenvalue weighted by Gasteiger charge is 2.16.